The van der Waals surface area contributed by atoms with E-state index in [1.807, 2.05) is 39.0 Å². The van der Waals surface area contributed by atoms with E-state index in [1.165, 1.54) is 6.92 Å². The van der Waals surface area contributed by atoms with Crippen LogP contribution in [-0.4, -0.2) is 31.9 Å². The summed E-state index contributed by atoms with van der Waals surface area (Å²) < 4.78 is 23.9. The lowest BCUT2D eigenvalue weighted by molar-refractivity contribution is -0.120. The van der Waals surface area contributed by atoms with E-state index in [4.69, 9.17) is 0 Å². The van der Waals surface area contributed by atoms with Gasteiger partial charge in [-0.15, -0.1) is 0 Å². The molecule has 1 aromatic carbocycles. The Balaban J connectivity index is 2.74. The quantitative estimate of drug-likeness (QED) is 0.838. The molecule has 0 heterocycles. The molecule has 0 aliphatic rings. The van der Waals surface area contributed by atoms with Crippen LogP contribution < -0.4 is 5.32 Å². The number of amides is 1. The molecule has 0 radical (unpaired) electrons. The van der Waals surface area contributed by atoms with Gasteiger partial charge < -0.3 is 5.32 Å². The second kappa shape index (κ2) is 7.27. The summed E-state index contributed by atoms with van der Waals surface area (Å²) >= 11 is 0. The zero-order valence-corrected chi connectivity index (χ0v) is 15.0. The van der Waals surface area contributed by atoms with Crippen molar-refractivity contribution in [3.05, 3.63) is 35.4 Å². The molecule has 1 rings (SSSR count). The molecule has 0 saturated carbocycles. The number of rotatable bonds is 7. The van der Waals surface area contributed by atoms with E-state index in [1.54, 1.807) is 6.92 Å². The molecule has 0 aliphatic carbocycles. The average molecular weight is 325 g/mol. The van der Waals surface area contributed by atoms with Gasteiger partial charge in [0.2, 0.25) is 5.91 Å². The van der Waals surface area contributed by atoms with Gasteiger partial charge in [0.25, 0.3) is 0 Å². The lowest BCUT2D eigenvalue weighted by Crippen LogP contribution is -2.44. The first-order valence-electron chi connectivity index (χ1n) is 7.66. The fourth-order valence-electron chi connectivity index (χ4n) is 2.24. The molecule has 5 heteroatoms. The minimum atomic E-state index is -3.36. The molecule has 1 atom stereocenters. The predicted molar refractivity (Wildman–Crippen MR) is 90.8 cm³/mol. The molecule has 22 heavy (non-hydrogen) atoms. The predicted octanol–water partition coefficient (Wildman–Crippen LogP) is 2.60. The van der Waals surface area contributed by atoms with Gasteiger partial charge in [-0.2, -0.15) is 0 Å². The molecular weight excluding hydrogens is 298 g/mol. The van der Waals surface area contributed by atoms with Crippen LogP contribution in [0.4, 0.5) is 0 Å². The normalized spacial score (nSPS) is 13.7. The van der Waals surface area contributed by atoms with Crippen molar-refractivity contribution in [2.45, 2.75) is 51.7 Å². The van der Waals surface area contributed by atoms with Crippen LogP contribution in [0, 0.1) is 6.92 Å². The largest absolute Gasteiger partial charge is 0.354 e. The Labute approximate surface area is 134 Å². The summed E-state index contributed by atoms with van der Waals surface area (Å²) in [6.07, 6.45) is 0.523. The number of sulfone groups is 1. The van der Waals surface area contributed by atoms with E-state index in [9.17, 15) is 13.2 Å². The molecule has 0 unspecified atom stereocenters. The lowest BCUT2D eigenvalue weighted by atomic mass is 9.84. The fourth-order valence-corrected chi connectivity index (χ4v) is 3.58. The molecule has 4 nitrogen and oxygen atoms in total. The van der Waals surface area contributed by atoms with Gasteiger partial charge >= 0.3 is 0 Å². The van der Waals surface area contributed by atoms with E-state index in [2.05, 4.69) is 11.4 Å². The first kappa shape index (κ1) is 18.7. The number of carbonyl (C=O) groups excluding carboxylic acids is 1. The Morgan fingerprint density at radius 2 is 1.95 bits per heavy atom. The van der Waals surface area contributed by atoms with Crippen LogP contribution in [0.5, 0.6) is 0 Å². The number of nitrogens with one attached hydrogen (secondary N) is 1. The standard InChI is InChI=1S/C17H27NO3S/c1-6-10-22(20,21)14(3)16(19)18-12-17(4,5)15-9-7-8-13(2)11-15/h7-9,11,14H,6,10,12H2,1-5H3,(H,18,19)/t14-/m0/s1. The van der Waals surface area contributed by atoms with Gasteiger partial charge in [0.1, 0.15) is 5.25 Å². The molecule has 124 valence electrons. The van der Waals surface area contributed by atoms with E-state index in [-0.39, 0.29) is 11.2 Å². The van der Waals surface area contributed by atoms with Crippen molar-refractivity contribution in [2.75, 3.05) is 12.3 Å². The maximum atomic E-state index is 12.1. The third-order valence-electron chi connectivity index (χ3n) is 3.90. The number of benzene rings is 1. The van der Waals surface area contributed by atoms with E-state index < -0.39 is 21.0 Å². The SMILES string of the molecule is CCCS(=O)(=O)[C@@H](C)C(=O)NCC(C)(C)c1cccc(C)c1. The van der Waals surface area contributed by atoms with Gasteiger partial charge in [-0.3, -0.25) is 4.79 Å². The maximum Gasteiger partial charge on any atom is 0.238 e. The Morgan fingerprint density at radius 1 is 1.32 bits per heavy atom. The Bertz CT molecular complexity index is 621. The summed E-state index contributed by atoms with van der Waals surface area (Å²) in [6, 6.07) is 8.12. The van der Waals surface area contributed by atoms with Crippen LogP contribution in [0.3, 0.4) is 0 Å². The summed E-state index contributed by atoms with van der Waals surface area (Å²) in [7, 11) is -3.36. The molecular formula is C17H27NO3S. The van der Waals surface area contributed by atoms with E-state index in [0.717, 1.165) is 11.1 Å². The van der Waals surface area contributed by atoms with Crippen LogP contribution in [0.15, 0.2) is 24.3 Å². The van der Waals surface area contributed by atoms with E-state index >= 15 is 0 Å². The van der Waals surface area contributed by atoms with Crippen LogP contribution >= 0.6 is 0 Å². The summed E-state index contributed by atoms with van der Waals surface area (Å²) in [5, 5.41) is 1.79. The fraction of sp³-hybridized carbons (Fsp3) is 0.588. The molecule has 0 fully saturated rings. The third-order valence-corrected chi connectivity index (χ3v) is 6.17. The molecule has 1 N–H and O–H groups in total. The molecule has 1 aromatic rings. The molecule has 1 amide bonds. The molecule has 0 bridgehead atoms. The van der Waals surface area contributed by atoms with Crippen molar-refractivity contribution >= 4 is 15.7 Å². The highest BCUT2D eigenvalue weighted by Gasteiger charge is 2.29. The minimum absolute atomic E-state index is 0.0445. The van der Waals surface area contributed by atoms with E-state index in [0.29, 0.717) is 13.0 Å². The highest BCUT2D eigenvalue weighted by atomic mass is 32.2. The average Bonchev–Trinajstić information content (AvgIpc) is 2.44. The highest BCUT2D eigenvalue weighted by Crippen LogP contribution is 2.23. The van der Waals surface area contributed by atoms with Crippen molar-refractivity contribution in [3.63, 3.8) is 0 Å². The summed E-state index contributed by atoms with van der Waals surface area (Å²) in [4.78, 5) is 12.1. The summed E-state index contributed by atoms with van der Waals surface area (Å²) in [6.45, 7) is 9.75. The van der Waals surface area contributed by atoms with Gasteiger partial charge in [-0.05, 0) is 25.8 Å². The molecule has 0 spiro atoms. The Kier molecular flexibility index (Phi) is 6.17. The van der Waals surface area contributed by atoms with Crippen molar-refractivity contribution in [1.29, 1.82) is 0 Å². The van der Waals surface area contributed by atoms with Crippen molar-refractivity contribution in [2.24, 2.45) is 0 Å². The third kappa shape index (κ3) is 4.83. The Hall–Kier alpha value is -1.36. The van der Waals surface area contributed by atoms with Gasteiger partial charge in [-0.25, -0.2) is 8.42 Å². The van der Waals surface area contributed by atoms with Crippen LogP contribution in [0.25, 0.3) is 0 Å². The van der Waals surface area contributed by atoms with Gasteiger partial charge in [0.15, 0.2) is 9.84 Å². The summed E-state index contributed by atoms with van der Waals surface area (Å²) in [5.41, 5.74) is 2.03. The first-order valence-corrected chi connectivity index (χ1v) is 9.38. The minimum Gasteiger partial charge on any atom is -0.354 e. The lowest BCUT2D eigenvalue weighted by Gasteiger charge is -2.27. The zero-order valence-electron chi connectivity index (χ0n) is 14.1. The van der Waals surface area contributed by atoms with Gasteiger partial charge in [0, 0.05) is 12.0 Å². The van der Waals surface area contributed by atoms with Gasteiger partial charge in [0.05, 0.1) is 5.75 Å². The van der Waals surface area contributed by atoms with Crippen molar-refractivity contribution < 1.29 is 13.2 Å². The van der Waals surface area contributed by atoms with Crippen LogP contribution in [0.2, 0.25) is 0 Å². The number of aryl methyl sites for hydroxylation is 1. The van der Waals surface area contributed by atoms with Crippen molar-refractivity contribution in [3.8, 4) is 0 Å². The Morgan fingerprint density at radius 3 is 2.50 bits per heavy atom. The van der Waals surface area contributed by atoms with Crippen LogP contribution in [-0.2, 0) is 20.0 Å². The topological polar surface area (TPSA) is 63.2 Å². The second-order valence-corrected chi connectivity index (χ2v) is 8.92. The monoisotopic (exact) mass is 325 g/mol. The van der Waals surface area contributed by atoms with Gasteiger partial charge in [-0.1, -0.05) is 50.6 Å². The highest BCUT2D eigenvalue weighted by molar-refractivity contribution is 7.92. The number of carbonyl (C=O) groups is 1. The zero-order chi connectivity index (χ0) is 17.0. The molecule has 0 aromatic heterocycles. The second-order valence-electron chi connectivity index (χ2n) is 6.48. The number of hydrogen-bond donors (Lipinski definition) is 1. The molecule has 0 saturated heterocycles. The maximum absolute atomic E-state index is 12.1. The summed E-state index contributed by atoms with van der Waals surface area (Å²) in [5.74, 6) is -0.378. The van der Waals surface area contributed by atoms with Crippen LogP contribution in [0.1, 0.15) is 45.2 Å². The number of hydrogen-bond acceptors (Lipinski definition) is 3. The molecule has 0 aliphatic heterocycles. The smallest absolute Gasteiger partial charge is 0.238 e. The first-order chi connectivity index (χ1) is 10.1. The van der Waals surface area contributed by atoms with Crippen molar-refractivity contribution in [1.82, 2.24) is 5.32 Å².